The quantitative estimate of drug-likeness (QED) is 0.244. The molecule has 0 saturated carbocycles. The van der Waals surface area contributed by atoms with Gasteiger partial charge in [0.2, 0.25) is 0 Å². The van der Waals surface area contributed by atoms with Crippen LogP contribution in [0, 0.1) is 11.6 Å². The lowest BCUT2D eigenvalue weighted by molar-refractivity contribution is 0.0106. The first-order valence-electron chi connectivity index (χ1n) is 14.7. The lowest BCUT2D eigenvalue weighted by Gasteiger charge is -2.33. The maximum absolute atomic E-state index is 13.7. The molecule has 1 N–H and O–H groups in total. The molecule has 3 aromatic carbocycles. The summed E-state index contributed by atoms with van der Waals surface area (Å²) >= 11 is 0. The molecule has 42 heavy (non-hydrogen) atoms. The molecule has 0 bridgehead atoms. The number of hydrogen-bond donors (Lipinski definition) is 1. The second-order valence-electron chi connectivity index (χ2n) is 10.6. The van der Waals surface area contributed by atoms with E-state index in [1.54, 1.807) is 7.11 Å². The highest BCUT2D eigenvalue weighted by Crippen LogP contribution is 2.34. The number of hydrogen-bond acceptors (Lipinski definition) is 7. The maximum atomic E-state index is 13.7. The van der Waals surface area contributed by atoms with Crippen LogP contribution in [0.5, 0.6) is 17.2 Å². The van der Waals surface area contributed by atoms with Crippen LogP contribution < -0.4 is 24.4 Å². The molecule has 1 fully saturated rings. The first-order valence-corrected chi connectivity index (χ1v) is 14.7. The van der Waals surface area contributed by atoms with E-state index < -0.39 is 11.6 Å². The van der Waals surface area contributed by atoms with Gasteiger partial charge < -0.3 is 33.9 Å². The first-order chi connectivity index (χ1) is 20.6. The van der Waals surface area contributed by atoms with Gasteiger partial charge in [-0.05, 0) is 66.9 Å². The highest BCUT2D eigenvalue weighted by atomic mass is 19.1. The highest BCUT2D eigenvalue weighted by Gasteiger charge is 2.27. The van der Waals surface area contributed by atoms with E-state index in [9.17, 15) is 8.78 Å². The Labute approximate surface area is 246 Å². The van der Waals surface area contributed by atoms with Crippen molar-refractivity contribution in [1.29, 1.82) is 0 Å². The summed E-state index contributed by atoms with van der Waals surface area (Å²) in [6.45, 7) is 6.16. The molecule has 5 rings (SSSR count). The smallest absolute Gasteiger partial charge is 0.165 e. The Kier molecular flexibility index (Phi) is 10.9. The summed E-state index contributed by atoms with van der Waals surface area (Å²) in [5, 5.41) is 3.48. The Morgan fingerprint density at radius 3 is 2.67 bits per heavy atom. The van der Waals surface area contributed by atoms with Crippen molar-refractivity contribution in [3.05, 3.63) is 83.4 Å². The zero-order valence-corrected chi connectivity index (χ0v) is 24.2. The van der Waals surface area contributed by atoms with E-state index in [1.807, 2.05) is 12.1 Å². The molecule has 226 valence electrons. The van der Waals surface area contributed by atoms with E-state index >= 15 is 0 Å². The minimum absolute atomic E-state index is 0.0518. The molecule has 0 radical (unpaired) electrons. The largest absolute Gasteiger partial charge is 0.493 e. The third kappa shape index (κ3) is 8.12. The Balaban J connectivity index is 1.11. The third-order valence-corrected chi connectivity index (χ3v) is 7.67. The van der Waals surface area contributed by atoms with Crippen LogP contribution in [0.2, 0.25) is 0 Å². The minimum Gasteiger partial charge on any atom is -0.493 e. The predicted octanol–water partition coefficient (Wildman–Crippen LogP) is 5.71. The lowest BCUT2D eigenvalue weighted by Crippen LogP contribution is -2.41. The van der Waals surface area contributed by atoms with Crippen LogP contribution in [0.25, 0.3) is 0 Å². The fourth-order valence-electron chi connectivity index (χ4n) is 5.46. The molecule has 3 aromatic rings. The molecular formula is C33H40F2N2O5. The van der Waals surface area contributed by atoms with Gasteiger partial charge >= 0.3 is 0 Å². The second kappa shape index (κ2) is 15.2. The van der Waals surface area contributed by atoms with E-state index in [4.69, 9.17) is 23.7 Å². The molecule has 0 spiro atoms. The number of methoxy groups -OCH3 is 1. The van der Waals surface area contributed by atoms with Gasteiger partial charge in [0.25, 0.3) is 0 Å². The highest BCUT2D eigenvalue weighted by molar-refractivity contribution is 5.61. The number of piperidine rings is 1. The van der Waals surface area contributed by atoms with Crippen LogP contribution in [-0.4, -0.2) is 65.8 Å². The molecule has 7 nitrogen and oxygen atoms in total. The van der Waals surface area contributed by atoms with Crippen molar-refractivity contribution in [3.8, 4) is 17.2 Å². The van der Waals surface area contributed by atoms with Crippen molar-refractivity contribution in [2.75, 3.05) is 64.6 Å². The predicted molar refractivity (Wildman–Crippen MR) is 158 cm³/mol. The zero-order valence-electron chi connectivity index (χ0n) is 24.2. The average Bonchev–Trinajstić information content (AvgIpc) is 3.02. The molecule has 0 aliphatic carbocycles. The molecule has 0 amide bonds. The van der Waals surface area contributed by atoms with Gasteiger partial charge in [-0.15, -0.1) is 0 Å². The number of rotatable bonds is 14. The standard InChI is InChI=1S/C33H40F2N2O5/c1-38-16-2-14-37-15-19-41-31-11-4-24(20-30(31)37)23-42-33-22-36-13-12-28(33)25-5-8-27(9-6-25)39-17-3-18-40-32-21-26(34)7-10-29(32)35/h4-11,20-21,28,33,36H,2-3,12-19,22-23H2,1H3. The van der Waals surface area contributed by atoms with Gasteiger partial charge in [0, 0.05) is 45.2 Å². The Hall–Kier alpha value is -3.40. The van der Waals surface area contributed by atoms with Gasteiger partial charge in [0.05, 0.1) is 38.2 Å². The molecule has 2 atom stereocenters. The summed E-state index contributed by atoms with van der Waals surface area (Å²) in [6.07, 6.45) is 2.56. The fourth-order valence-corrected chi connectivity index (χ4v) is 5.46. The van der Waals surface area contributed by atoms with Crippen LogP contribution in [0.3, 0.4) is 0 Å². The molecule has 2 aliphatic heterocycles. The second-order valence-corrected chi connectivity index (χ2v) is 10.6. The van der Waals surface area contributed by atoms with Crippen LogP contribution in [0.15, 0.2) is 60.7 Å². The van der Waals surface area contributed by atoms with Crippen LogP contribution in [0.1, 0.15) is 36.3 Å². The van der Waals surface area contributed by atoms with Gasteiger partial charge in [0.1, 0.15) is 23.9 Å². The first kappa shape index (κ1) is 30.1. The van der Waals surface area contributed by atoms with Crippen molar-refractivity contribution < 1.29 is 32.5 Å². The van der Waals surface area contributed by atoms with E-state index in [-0.39, 0.29) is 24.4 Å². The van der Waals surface area contributed by atoms with Crippen molar-refractivity contribution in [2.24, 2.45) is 0 Å². The van der Waals surface area contributed by atoms with E-state index in [0.717, 1.165) is 86.6 Å². The lowest BCUT2D eigenvalue weighted by atomic mass is 9.87. The normalized spacial score (nSPS) is 18.3. The summed E-state index contributed by atoms with van der Waals surface area (Å²) in [5.74, 6) is 0.771. The molecule has 2 aliphatic rings. The van der Waals surface area contributed by atoms with Crippen molar-refractivity contribution >= 4 is 5.69 Å². The van der Waals surface area contributed by atoms with E-state index in [1.165, 1.54) is 5.56 Å². The SMILES string of the molecule is COCCCN1CCOc2ccc(COC3CNCCC3c3ccc(OCCCOc4cc(F)ccc4F)cc3)cc21. The topological polar surface area (TPSA) is 61.4 Å². The average molecular weight is 583 g/mol. The molecule has 1 saturated heterocycles. The van der Waals surface area contributed by atoms with Crippen LogP contribution >= 0.6 is 0 Å². The monoisotopic (exact) mass is 582 g/mol. The van der Waals surface area contributed by atoms with Crippen LogP contribution in [0.4, 0.5) is 14.5 Å². The number of halogens is 2. The molecule has 2 unspecified atom stereocenters. The molecule has 9 heteroatoms. The van der Waals surface area contributed by atoms with Gasteiger partial charge in [-0.25, -0.2) is 8.78 Å². The van der Waals surface area contributed by atoms with Crippen molar-refractivity contribution in [3.63, 3.8) is 0 Å². The van der Waals surface area contributed by atoms with Gasteiger partial charge in [-0.1, -0.05) is 18.2 Å². The fraction of sp³-hybridized carbons (Fsp3) is 0.455. The summed E-state index contributed by atoms with van der Waals surface area (Å²) in [5.41, 5.74) is 3.48. The number of fused-ring (bicyclic) bond motifs is 1. The van der Waals surface area contributed by atoms with Crippen molar-refractivity contribution in [2.45, 2.75) is 37.9 Å². The number of ether oxygens (including phenoxy) is 5. The van der Waals surface area contributed by atoms with E-state index in [0.29, 0.717) is 26.2 Å². The number of nitrogens with zero attached hydrogens (tertiary/aromatic N) is 1. The number of nitrogens with one attached hydrogen (secondary N) is 1. The molecule has 2 heterocycles. The Bertz CT molecular complexity index is 1280. The molecule has 0 aromatic heterocycles. The Morgan fingerprint density at radius 1 is 0.952 bits per heavy atom. The summed E-state index contributed by atoms with van der Waals surface area (Å²) in [6, 6.07) is 17.7. The minimum atomic E-state index is -0.578. The number of benzene rings is 3. The Morgan fingerprint density at radius 2 is 1.81 bits per heavy atom. The van der Waals surface area contributed by atoms with Crippen molar-refractivity contribution in [1.82, 2.24) is 5.32 Å². The van der Waals surface area contributed by atoms with Crippen LogP contribution in [-0.2, 0) is 16.1 Å². The van der Waals surface area contributed by atoms with E-state index in [2.05, 4.69) is 40.5 Å². The maximum Gasteiger partial charge on any atom is 0.165 e. The molecular weight excluding hydrogens is 542 g/mol. The van der Waals surface area contributed by atoms with Gasteiger partial charge in [0.15, 0.2) is 11.6 Å². The summed E-state index contributed by atoms with van der Waals surface area (Å²) < 4.78 is 55.8. The zero-order chi connectivity index (χ0) is 29.1. The number of anilines is 1. The van der Waals surface area contributed by atoms with Gasteiger partial charge in [-0.3, -0.25) is 0 Å². The van der Waals surface area contributed by atoms with Gasteiger partial charge in [-0.2, -0.15) is 0 Å². The summed E-state index contributed by atoms with van der Waals surface area (Å²) in [7, 11) is 1.74. The summed E-state index contributed by atoms with van der Waals surface area (Å²) in [4.78, 5) is 2.37. The third-order valence-electron chi connectivity index (χ3n) is 7.67.